The number of carbonyl (C=O) groups excluding carboxylic acids is 1. The van der Waals surface area contributed by atoms with E-state index in [9.17, 15) is 4.79 Å². The number of aromatic nitrogens is 1. The highest BCUT2D eigenvalue weighted by Crippen LogP contribution is 2.29. The van der Waals surface area contributed by atoms with Gasteiger partial charge in [0.2, 0.25) is 5.88 Å². The van der Waals surface area contributed by atoms with E-state index in [-0.39, 0.29) is 17.9 Å². The smallest absolute Gasteiger partial charge is 0.308 e. The molecule has 0 saturated carbocycles. The number of rotatable bonds is 3. The maximum atomic E-state index is 12.2. The van der Waals surface area contributed by atoms with Gasteiger partial charge < -0.3 is 14.4 Å². The van der Waals surface area contributed by atoms with Crippen LogP contribution in [0.4, 0.5) is 0 Å². The highest BCUT2D eigenvalue weighted by molar-refractivity contribution is 6.35. The molecule has 3 rings (SSSR count). The zero-order chi connectivity index (χ0) is 13.9. The third-order valence-corrected chi connectivity index (χ3v) is 3.57. The summed E-state index contributed by atoms with van der Waals surface area (Å²) in [5.74, 6) is 0.623. The fourth-order valence-electron chi connectivity index (χ4n) is 2.53. The Morgan fingerprint density at radius 1 is 1.45 bits per heavy atom. The van der Waals surface area contributed by atoms with Crippen LogP contribution < -0.4 is 4.74 Å². The minimum atomic E-state index is -0.291. The lowest BCUT2D eigenvalue weighted by Crippen LogP contribution is -2.34. The predicted octanol–water partition coefficient (Wildman–Crippen LogP) is 1.18. The van der Waals surface area contributed by atoms with Crippen LogP contribution in [0.2, 0.25) is 0 Å². The van der Waals surface area contributed by atoms with Crippen LogP contribution in [0.1, 0.15) is 24.5 Å². The van der Waals surface area contributed by atoms with Crippen LogP contribution in [0, 0.1) is 0 Å². The van der Waals surface area contributed by atoms with E-state index in [1.165, 1.54) is 0 Å². The van der Waals surface area contributed by atoms with Crippen LogP contribution in [0.15, 0.2) is 23.3 Å². The number of nitrogens with zero attached hydrogens (tertiary/aromatic N) is 3. The number of hydrogen-bond acceptors (Lipinski definition) is 5. The molecule has 2 aliphatic rings. The molecule has 0 spiro atoms. The molecule has 0 aliphatic carbocycles. The molecule has 0 radical (unpaired) electrons. The van der Waals surface area contributed by atoms with E-state index in [0.717, 1.165) is 31.5 Å². The van der Waals surface area contributed by atoms with Gasteiger partial charge in [-0.1, -0.05) is 0 Å². The molecular weight excluding hydrogens is 258 g/mol. The molecule has 3 heterocycles. The zero-order valence-electron chi connectivity index (χ0n) is 11.4. The third kappa shape index (κ3) is 2.33. The Hall–Kier alpha value is -2.11. The first-order valence-corrected chi connectivity index (χ1v) is 6.79. The van der Waals surface area contributed by atoms with Crippen LogP contribution in [-0.4, -0.2) is 48.4 Å². The lowest BCUT2D eigenvalue weighted by Gasteiger charge is -2.17. The van der Waals surface area contributed by atoms with E-state index < -0.39 is 0 Å². The van der Waals surface area contributed by atoms with Gasteiger partial charge in [0, 0.05) is 19.3 Å². The van der Waals surface area contributed by atoms with E-state index in [4.69, 9.17) is 9.47 Å². The molecule has 6 nitrogen and oxygen atoms in total. The summed E-state index contributed by atoms with van der Waals surface area (Å²) in [5, 5.41) is 0. The molecule has 6 heteroatoms. The predicted molar refractivity (Wildman–Crippen MR) is 72.7 cm³/mol. The molecule has 1 aromatic rings. The normalized spacial score (nSPS) is 21.6. The molecule has 1 aromatic heterocycles. The summed E-state index contributed by atoms with van der Waals surface area (Å²) in [6, 6.07) is 3.71. The van der Waals surface area contributed by atoms with Crippen molar-refractivity contribution >= 4 is 11.8 Å². The maximum Gasteiger partial charge on any atom is 0.308 e. The lowest BCUT2D eigenvalue weighted by molar-refractivity contribution is -0.124. The molecule has 106 valence electrons. The van der Waals surface area contributed by atoms with Gasteiger partial charge in [0.05, 0.1) is 19.2 Å². The fraction of sp³-hybridized carbons (Fsp3) is 0.500. The summed E-state index contributed by atoms with van der Waals surface area (Å²) in [5.41, 5.74) is 0.822. The van der Waals surface area contributed by atoms with Crippen molar-refractivity contribution in [1.29, 1.82) is 0 Å². The van der Waals surface area contributed by atoms with Gasteiger partial charge in [0.25, 0.3) is 5.90 Å². The topological polar surface area (TPSA) is 64.0 Å². The average molecular weight is 275 g/mol. The van der Waals surface area contributed by atoms with Crippen LogP contribution in [0.5, 0.6) is 5.88 Å². The number of carbonyl (C=O) groups is 1. The van der Waals surface area contributed by atoms with Crippen LogP contribution in [0.25, 0.3) is 0 Å². The molecule has 0 N–H and O–H groups in total. The molecule has 0 bridgehead atoms. The first-order chi connectivity index (χ1) is 9.79. The fourth-order valence-corrected chi connectivity index (χ4v) is 2.53. The maximum absolute atomic E-state index is 12.2. The van der Waals surface area contributed by atoms with Crippen LogP contribution >= 0.6 is 0 Å². The van der Waals surface area contributed by atoms with Crippen molar-refractivity contribution in [1.82, 2.24) is 9.88 Å². The molecule has 1 amide bonds. The van der Waals surface area contributed by atoms with Crippen molar-refractivity contribution in [3.8, 4) is 5.88 Å². The molecule has 0 aromatic carbocycles. The Balaban J connectivity index is 1.70. The van der Waals surface area contributed by atoms with Crippen LogP contribution in [0.3, 0.4) is 0 Å². The van der Waals surface area contributed by atoms with E-state index >= 15 is 0 Å². The molecular formula is C14H17N3O3. The second kappa shape index (κ2) is 5.48. The van der Waals surface area contributed by atoms with Crippen molar-refractivity contribution in [3.63, 3.8) is 0 Å². The van der Waals surface area contributed by atoms with Crippen molar-refractivity contribution in [2.45, 2.75) is 18.9 Å². The van der Waals surface area contributed by atoms with Gasteiger partial charge in [-0.2, -0.15) is 0 Å². The summed E-state index contributed by atoms with van der Waals surface area (Å²) in [6.07, 6.45) is 3.48. The van der Waals surface area contributed by atoms with Crippen molar-refractivity contribution in [2.75, 3.05) is 26.7 Å². The number of amides is 1. The molecule has 20 heavy (non-hydrogen) atoms. The largest absolute Gasteiger partial charge is 0.481 e. The second-order valence-electron chi connectivity index (χ2n) is 4.85. The zero-order valence-corrected chi connectivity index (χ0v) is 11.4. The number of likely N-dealkylation sites (tertiary alicyclic amines) is 1. The second-order valence-corrected chi connectivity index (χ2v) is 4.85. The number of aliphatic imine (C=N–C) groups is 1. The monoisotopic (exact) mass is 275 g/mol. The van der Waals surface area contributed by atoms with Gasteiger partial charge in [-0.05, 0) is 25.0 Å². The van der Waals surface area contributed by atoms with E-state index in [1.807, 2.05) is 12.1 Å². The molecule has 2 aliphatic heterocycles. The Morgan fingerprint density at radius 2 is 2.25 bits per heavy atom. The van der Waals surface area contributed by atoms with Crippen molar-refractivity contribution in [3.05, 3.63) is 23.9 Å². The van der Waals surface area contributed by atoms with Gasteiger partial charge in [0.1, 0.15) is 0 Å². The highest BCUT2D eigenvalue weighted by atomic mass is 16.5. The van der Waals surface area contributed by atoms with Gasteiger partial charge in [0.15, 0.2) is 6.10 Å². The first-order valence-electron chi connectivity index (χ1n) is 6.79. The quantitative estimate of drug-likeness (QED) is 0.831. The Labute approximate surface area is 117 Å². The van der Waals surface area contributed by atoms with Gasteiger partial charge in [-0.25, -0.2) is 9.98 Å². The average Bonchev–Trinajstić information content (AvgIpc) is 3.18. The number of ether oxygens (including phenoxy) is 2. The molecule has 1 fully saturated rings. The first kappa shape index (κ1) is 12.9. The van der Waals surface area contributed by atoms with Gasteiger partial charge in [-0.3, -0.25) is 4.79 Å². The van der Waals surface area contributed by atoms with Gasteiger partial charge >= 0.3 is 5.91 Å². The minimum absolute atomic E-state index is 0.104. The summed E-state index contributed by atoms with van der Waals surface area (Å²) in [7, 11) is 1.57. The minimum Gasteiger partial charge on any atom is -0.481 e. The van der Waals surface area contributed by atoms with Crippen molar-refractivity contribution < 1.29 is 14.3 Å². The summed E-state index contributed by atoms with van der Waals surface area (Å²) >= 11 is 0. The SMILES string of the molecule is COc1ncccc1C1CN=C(C(=O)N2CCCC2)O1. The highest BCUT2D eigenvalue weighted by Gasteiger charge is 2.32. The van der Waals surface area contributed by atoms with Crippen molar-refractivity contribution in [2.24, 2.45) is 4.99 Å². The molecule has 1 unspecified atom stereocenters. The number of hydrogen-bond donors (Lipinski definition) is 0. The Kier molecular flexibility index (Phi) is 3.54. The molecule has 1 atom stereocenters. The Bertz CT molecular complexity index is 538. The van der Waals surface area contributed by atoms with Crippen LogP contribution in [-0.2, 0) is 9.53 Å². The van der Waals surface area contributed by atoms with E-state index in [2.05, 4.69) is 9.98 Å². The summed E-state index contributed by atoms with van der Waals surface area (Å²) in [6.45, 7) is 2.02. The number of pyridine rings is 1. The summed E-state index contributed by atoms with van der Waals surface area (Å²) < 4.78 is 10.9. The van der Waals surface area contributed by atoms with Gasteiger partial charge in [-0.15, -0.1) is 0 Å². The third-order valence-electron chi connectivity index (χ3n) is 3.57. The van der Waals surface area contributed by atoms with E-state index in [0.29, 0.717) is 12.4 Å². The summed E-state index contributed by atoms with van der Waals surface area (Å²) in [4.78, 5) is 22.4. The number of methoxy groups -OCH3 is 1. The Morgan fingerprint density at radius 3 is 3.00 bits per heavy atom. The standard InChI is InChI=1S/C14H17N3O3/c1-19-12-10(5-4-6-15-12)11-9-16-13(20-11)14(18)17-7-2-3-8-17/h4-6,11H,2-3,7-9H2,1H3. The lowest BCUT2D eigenvalue weighted by atomic mass is 10.1. The molecule has 1 saturated heterocycles. The van der Waals surface area contributed by atoms with E-state index in [1.54, 1.807) is 18.2 Å².